The van der Waals surface area contributed by atoms with E-state index in [1.165, 1.54) is 22.3 Å². The number of benzene rings is 2. The molecule has 0 saturated carbocycles. The van der Waals surface area contributed by atoms with E-state index in [2.05, 4.69) is 39.8 Å². The fourth-order valence-electron chi connectivity index (χ4n) is 3.51. The molecular formula is C22H26O3. The van der Waals surface area contributed by atoms with Crippen LogP contribution in [0.1, 0.15) is 41.2 Å². The molecule has 2 aromatic rings. The van der Waals surface area contributed by atoms with Crippen molar-refractivity contribution in [1.82, 2.24) is 0 Å². The molecular weight excluding hydrogens is 312 g/mol. The van der Waals surface area contributed by atoms with Gasteiger partial charge < -0.3 is 14.6 Å². The predicted octanol–water partition coefficient (Wildman–Crippen LogP) is 5.12. The number of phenolic OH excluding ortho intramolecular Hbond substituents is 1. The summed E-state index contributed by atoms with van der Waals surface area (Å²) in [5.74, 6) is 2.03. The van der Waals surface area contributed by atoms with E-state index in [0.717, 1.165) is 29.9 Å². The first-order chi connectivity index (χ1) is 11.8. The van der Waals surface area contributed by atoms with Gasteiger partial charge in [0.2, 0.25) is 0 Å². The zero-order valence-electron chi connectivity index (χ0n) is 15.6. The Hall–Kier alpha value is -2.42. The summed E-state index contributed by atoms with van der Waals surface area (Å²) in [6.07, 6.45) is 5.96. The van der Waals surface area contributed by atoms with E-state index in [4.69, 9.17) is 9.47 Å². The molecule has 0 aliphatic carbocycles. The quantitative estimate of drug-likeness (QED) is 0.840. The van der Waals surface area contributed by atoms with Gasteiger partial charge in [-0.3, -0.25) is 0 Å². The van der Waals surface area contributed by atoms with E-state index < -0.39 is 0 Å². The van der Waals surface area contributed by atoms with Crippen LogP contribution < -0.4 is 9.47 Å². The second-order valence-electron chi connectivity index (χ2n) is 7.09. The molecule has 3 nitrogen and oxygen atoms in total. The Labute approximate surface area is 149 Å². The average molecular weight is 338 g/mol. The maximum atomic E-state index is 9.60. The molecule has 1 aliphatic rings. The zero-order valence-corrected chi connectivity index (χ0v) is 15.6. The van der Waals surface area contributed by atoms with E-state index in [1.807, 2.05) is 12.1 Å². The molecule has 1 atom stereocenters. The lowest BCUT2D eigenvalue weighted by Crippen LogP contribution is -2.32. The van der Waals surface area contributed by atoms with E-state index >= 15 is 0 Å². The number of aryl methyl sites for hydroxylation is 1. The highest BCUT2D eigenvalue weighted by Crippen LogP contribution is 2.36. The van der Waals surface area contributed by atoms with Crippen molar-refractivity contribution in [1.29, 1.82) is 0 Å². The first-order valence-electron chi connectivity index (χ1n) is 8.68. The minimum absolute atomic E-state index is 0.260. The third kappa shape index (κ3) is 3.37. The molecule has 0 unspecified atom stereocenters. The Morgan fingerprint density at radius 2 is 1.88 bits per heavy atom. The smallest absolute Gasteiger partial charge is 0.128 e. The first-order valence-corrected chi connectivity index (χ1v) is 8.68. The second kappa shape index (κ2) is 6.47. The highest BCUT2D eigenvalue weighted by Gasteiger charge is 2.28. The van der Waals surface area contributed by atoms with Crippen LogP contribution in [0.2, 0.25) is 0 Å². The summed E-state index contributed by atoms with van der Waals surface area (Å²) < 4.78 is 11.7. The second-order valence-corrected chi connectivity index (χ2v) is 7.09. The number of phenols is 1. The molecule has 25 heavy (non-hydrogen) atoms. The summed E-state index contributed by atoms with van der Waals surface area (Å²) in [5.41, 5.74) is 5.70. The Kier molecular flexibility index (Phi) is 4.51. The molecule has 0 saturated heterocycles. The third-order valence-corrected chi connectivity index (χ3v) is 5.25. The van der Waals surface area contributed by atoms with E-state index in [0.29, 0.717) is 0 Å². The number of ether oxygens (including phenoxy) is 2. The summed E-state index contributed by atoms with van der Waals surface area (Å²) in [5, 5.41) is 9.60. The third-order valence-electron chi connectivity index (χ3n) is 5.25. The number of hydrogen-bond acceptors (Lipinski definition) is 3. The van der Waals surface area contributed by atoms with Crippen LogP contribution in [0.3, 0.4) is 0 Å². The van der Waals surface area contributed by atoms with Crippen LogP contribution in [0.4, 0.5) is 0 Å². The fourth-order valence-corrected chi connectivity index (χ4v) is 3.51. The van der Waals surface area contributed by atoms with Crippen LogP contribution in [-0.4, -0.2) is 17.8 Å². The molecule has 2 aromatic carbocycles. The van der Waals surface area contributed by atoms with Crippen LogP contribution in [0.15, 0.2) is 30.3 Å². The topological polar surface area (TPSA) is 38.7 Å². The zero-order chi connectivity index (χ0) is 18.2. The van der Waals surface area contributed by atoms with Crippen molar-refractivity contribution < 1.29 is 14.6 Å². The van der Waals surface area contributed by atoms with Crippen molar-refractivity contribution in [2.45, 2.75) is 46.1 Å². The van der Waals surface area contributed by atoms with Gasteiger partial charge in [-0.1, -0.05) is 6.08 Å². The van der Waals surface area contributed by atoms with Crippen molar-refractivity contribution in [2.24, 2.45) is 0 Å². The van der Waals surface area contributed by atoms with Crippen molar-refractivity contribution >= 4 is 6.08 Å². The monoisotopic (exact) mass is 338 g/mol. The Bertz CT molecular complexity index is 836. The van der Waals surface area contributed by atoms with Crippen molar-refractivity contribution in [2.75, 3.05) is 7.11 Å². The molecule has 0 spiro atoms. The van der Waals surface area contributed by atoms with Gasteiger partial charge in [-0.05, 0) is 93.1 Å². The molecule has 132 valence electrons. The molecule has 0 bridgehead atoms. The normalized spacial score (nSPS) is 18.6. The number of aromatic hydroxyl groups is 1. The Morgan fingerprint density at radius 3 is 2.60 bits per heavy atom. The largest absolute Gasteiger partial charge is 0.508 e. The minimum Gasteiger partial charge on any atom is -0.508 e. The lowest BCUT2D eigenvalue weighted by molar-refractivity contribution is 0.127. The summed E-state index contributed by atoms with van der Waals surface area (Å²) >= 11 is 0. The van der Waals surface area contributed by atoms with Gasteiger partial charge in [-0.25, -0.2) is 0 Å². The molecule has 1 N–H and O–H groups in total. The van der Waals surface area contributed by atoms with Crippen LogP contribution in [0.5, 0.6) is 17.2 Å². The molecule has 0 aromatic heterocycles. The van der Waals surface area contributed by atoms with Gasteiger partial charge in [0.05, 0.1) is 7.11 Å². The highest BCUT2D eigenvalue weighted by atomic mass is 16.5. The van der Waals surface area contributed by atoms with Gasteiger partial charge in [0.25, 0.3) is 0 Å². The Balaban J connectivity index is 1.81. The maximum Gasteiger partial charge on any atom is 0.128 e. The van der Waals surface area contributed by atoms with Crippen molar-refractivity contribution in [3.05, 3.63) is 58.2 Å². The van der Waals surface area contributed by atoms with Crippen LogP contribution in [0.25, 0.3) is 6.08 Å². The van der Waals surface area contributed by atoms with Crippen molar-refractivity contribution in [3.8, 4) is 17.2 Å². The van der Waals surface area contributed by atoms with E-state index in [9.17, 15) is 5.11 Å². The SMILES string of the molecule is COc1cc(C)c(CC[C@]2(C)C=Cc3cc(O)ccc3O2)c(C)c1C. The van der Waals surface area contributed by atoms with Gasteiger partial charge in [-0.2, -0.15) is 0 Å². The molecule has 1 aliphatic heterocycles. The van der Waals surface area contributed by atoms with Gasteiger partial charge in [0, 0.05) is 5.56 Å². The van der Waals surface area contributed by atoms with Gasteiger partial charge in [0.1, 0.15) is 22.8 Å². The van der Waals surface area contributed by atoms with E-state index in [-0.39, 0.29) is 11.4 Å². The number of fused-ring (bicyclic) bond motifs is 1. The molecule has 0 amide bonds. The Morgan fingerprint density at radius 1 is 1.12 bits per heavy atom. The average Bonchev–Trinajstić information content (AvgIpc) is 2.58. The maximum absolute atomic E-state index is 9.60. The van der Waals surface area contributed by atoms with Crippen LogP contribution >= 0.6 is 0 Å². The number of methoxy groups -OCH3 is 1. The summed E-state index contributed by atoms with van der Waals surface area (Å²) in [6.45, 7) is 8.53. The fraction of sp³-hybridized carbons (Fsp3) is 0.364. The first kappa shape index (κ1) is 17.4. The molecule has 0 radical (unpaired) electrons. The lowest BCUT2D eigenvalue weighted by Gasteiger charge is -2.32. The predicted molar refractivity (Wildman–Crippen MR) is 102 cm³/mol. The number of hydrogen-bond donors (Lipinski definition) is 1. The summed E-state index contributed by atoms with van der Waals surface area (Å²) in [7, 11) is 1.72. The summed E-state index contributed by atoms with van der Waals surface area (Å²) in [6, 6.07) is 7.35. The van der Waals surface area contributed by atoms with Crippen LogP contribution in [-0.2, 0) is 6.42 Å². The molecule has 1 heterocycles. The van der Waals surface area contributed by atoms with Crippen molar-refractivity contribution in [3.63, 3.8) is 0 Å². The van der Waals surface area contributed by atoms with Crippen LogP contribution in [0, 0.1) is 20.8 Å². The number of rotatable bonds is 4. The lowest BCUT2D eigenvalue weighted by atomic mass is 9.88. The van der Waals surface area contributed by atoms with Gasteiger partial charge >= 0.3 is 0 Å². The van der Waals surface area contributed by atoms with Gasteiger partial charge in [0.15, 0.2) is 0 Å². The molecule has 0 fully saturated rings. The van der Waals surface area contributed by atoms with E-state index in [1.54, 1.807) is 19.2 Å². The standard InChI is InChI=1S/C22H26O3/c1-14-12-21(24-5)16(3)15(2)19(14)9-11-22(4)10-8-17-13-18(23)6-7-20(17)25-22/h6-8,10,12-13,23H,9,11H2,1-5H3/t22-/m0/s1. The molecule has 3 rings (SSSR count). The minimum atomic E-state index is -0.351. The highest BCUT2D eigenvalue weighted by molar-refractivity contribution is 5.62. The molecule has 3 heteroatoms. The summed E-state index contributed by atoms with van der Waals surface area (Å²) in [4.78, 5) is 0. The van der Waals surface area contributed by atoms with Gasteiger partial charge in [-0.15, -0.1) is 0 Å².